The summed E-state index contributed by atoms with van der Waals surface area (Å²) < 4.78 is 2.04. The van der Waals surface area contributed by atoms with Crippen molar-refractivity contribution in [3.05, 3.63) is 57.3 Å². The second-order valence-electron chi connectivity index (χ2n) is 4.00. The molecule has 0 amide bonds. The average Bonchev–Trinajstić information content (AvgIpc) is 2.62. The first-order chi connectivity index (χ1) is 8.09. The van der Waals surface area contributed by atoms with Crippen molar-refractivity contribution in [3.8, 4) is 0 Å². The number of nitrogens with one attached hydrogen (secondary N) is 1. The highest BCUT2D eigenvalue weighted by atomic mass is 35.5. The van der Waals surface area contributed by atoms with Crippen LogP contribution in [0.2, 0.25) is 10.0 Å². The summed E-state index contributed by atoms with van der Waals surface area (Å²) in [5.41, 5.74) is 6.65. The van der Waals surface area contributed by atoms with Gasteiger partial charge in [0.05, 0.1) is 16.6 Å². The fraction of sp³-hybridized carbons (Fsp3) is 0.231. The van der Waals surface area contributed by atoms with Crippen LogP contribution >= 0.6 is 23.2 Å². The van der Waals surface area contributed by atoms with Crippen LogP contribution in [0.4, 0.5) is 0 Å². The predicted molar refractivity (Wildman–Crippen MR) is 73.4 cm³/mol. The van der Waals surface area contributed by atoms with Gasteiger partial charge in [0.15, 0.2) is 0 Å². The van der Waals surface area contributed by atoms with E-state index in [2.05, 4.69) is 31.4 Å². The van der Waals surface area contributed by atoms with Crippen LogP contribution < -0.4 is 5.43 Å². The molecule has 1 heterocycles. The number of hydrogen-bond acceptors (Lipinski definition) is 1. The van der Waals surface area contributed by atoms with Crippen molar-refractivity contribution < 1.29 is 0 Å². The van der Waals surface area contributed by atoms with E-state index < -0.39 is 0 Å². The molecule has 1 aromatic carbocycles. The van der Waals surface area contributed by atoms with Gasteiger partial charge in [-0.05, 0) is 37.6 Å². The number of nitrogens with zero attached hydrogens (tertiary/aromatic N) is 1. The van der Waals surface area contributed by atoms with Gasteiger partial charge in [0.2, 0.25) is 0 Å². The summed E-state index contributed by atoms with van der Waals surface area (Å²) >= 11 is 12.1. The highest BCUT2D eigenvalue weighted by molar-refractivity contribution is 6.42. The number of rotatable bonds is 3. The lowest BCUT2D eigenvalue weighted by Gasteiger charge is -2.13. The summed E-state index contributed by atoms with van der Waals surface area (Å²) in [5, 5.41) is 1.20. The number of benzene rings is 1. The van der Waals surface area contributed by atoms with Crippen molar-refractivity contribution in [1.29, 1.82) is 0 Å². The molecule has 1 N–H and O–H groups in total. The van der Waals surface area contributed by atoms with Gasteiger partial charge < -0.3 is 5.43 Å². The number of aromatic nitrogens is 1. The van der Waals surface area contributed by atoms with Crippen LogP contribution in [0.3, 0.4) is 0 Å². The second kappa shape index (κ2) is 5.03. The molecule has 0 unspecified atom stereocenters. The zero-order valence-electron chi connectivity index (χ0n) is 9.80. The minimum atomic E-state index is 0.590. The van der Waals surface area contributed by atoms with E-state index >= 15 is 0 Å². The molecule has 1 aromatic heterocycles. The van der Waals surface area contributed by atoms with Crippen molar-refractivity contribution in [2.75, 3.05) is 5.43 Å². The van der Waals surface area contributed by atoms with E-state index in [1.165, 1.54) is 11.4 Å². The Bertz CT molecular complexity index is 513. The molecule has 0 saturated carbocycles. The van der Waals surface area contributed by atoms with Gasteiger partial charge in [-0.15, -0.1) is 0 Å². The van der Waals surface area contributed by atoms with Crippen LogP contribution in [0.1, 0.15) is 17.0 Å². The third-order valence-electron chi connectivity index (χ3n) is 2.73. The molecular weight excluding hydrogens is 255 g/mol. The van der Waals surface area contributed by atoms with Gasteiger partial charge in [0.1, 0.15) is 0 Å². The summed E-state index contributed by atoms with van der Waals surface area (Å²) in [6, 6.07) is 9.80. The monoisotopic (exact) mass is 268 g/mol. The fourth-order valence-corrected chi connectivity index (χ4v) is 2.15. The van der Waals surface area contributed by atoms with Gasteiger partial charge in [-0.3, -0.25) is 4.68 Å². The van der Waals surface area contributed by atoms with Crippen LogP contribution in [0.25, 0.3) is 0 Å². The minimum Gasteiger partial charge on any atom is -0.321 e. The quantitative estimate of drug-likeness (QED) is 0.885. The summed E-state index contributed by atoms with van der Waals surface area (Å²) in [5.74, 6) is 0. The maximum absolute atomic E-state index is 6.13. The fourth-order valence-electron chi connectivity index (χ4n) is 1.77. The Morgan fingerprint density at radius 1 is 1.06 bits per heavy atom. The summed E-state index contributed by atoms with van der Waals surface area (Å²) in [7, 11) is 0. The van der Waals surface area contributed by atoms with Gasteiger partial charge in [0, 0.05) is 11.4 Å². The Hall–Kier alpha value is -1.12. The zero-order chi connectivity index (χ0) is 12.4. The Labute approximate surface area is 111 Å². The zero-order valence-corrected chi connectivity index (χ0v) is 11.3. The summed E-state index contributed by atoms with van der Waals surface area (Å²) in [6.45, 7) is 4.76. The number of aryl methyl sites for hydroxylation is 2. The third kappa shape index (κ3) is 2.59. The average molecular weight is 269 g/mol. The molecule has 17 heavy (non-hydrogen) atoms. The lowest BCUT2D eigenvalue weighted by atomic mass is 10.2. The molecule has 0 aliphatic carbocycles. The molecular formula is C13H14Cl2N2. The lowest BCUT2D eigenvalue weighted by molar-refractivity contribution is 0.792. The van der Waals surface area contributed by atoms with Crippen LogP contribution in [0, 0.1) is 13.8 Å². The van der Waals surface area contributed by atoms with Crippen molar-refractivity contribution in [2.45, 2.75) is 20.4 Å². The third-order valence-corrected chi connectivity index (χ3v) is 3.59. The van der Waals surface area contributed by atoms with Gasteiger partial charge in [-0.25, -0.2) is 0 Å². The van der Waals surface area contributed by atoms with E-state index in [0.717, 1.165) is 5.56 Å². The van der Waals surface area contributed by atoms with E-state index in [-0.39, 0.29) is 0 Å². The van der Waals surface area contributed by atoms with E-state index in [4.69, 9.17) is 23.2 Å². The van der Waals surface area contributed by atoms with E-state index in [1.807, 2.05) is 16.8 Å². The maximum atomic E-state index is 6.13. The van der Waals surface area contributed by atoms with Crippen molar-refractivity contribution in [1.82, 2.24) is 4.68 Å². The Kier molecular flexibility index (Phi) is 3.65. The van der Waals surface area contributed by atoms with Gasteiger partial charge in [-0.2, -0.15) is 0 Å². The maximum Gasteiger partial charge on any atom is 0.0642 e. The molecule has 2 nitrogen and oxygen atoms in total. The molecule has 90 valence electrons. The van der Waals surface area contributed by atoms with Crippen molar-refractivity contribution in [3.63, 3.8) is 0 Å². The van der Waals surface area contributed by atoms with Crippen LogP contribution in [0.5, 0.6) is 0 Å². The molecule has 2 rings (SSSR count). The molecule has 0 saturated heterocycles. The molecule has 0 radical (unpaired) electrons. The largest absolute Gasteiger partial charge is 0.321 e. The van der Waals surface area contributed by atoms with Crippen LogP contribution in [-0.2, 0) is 6.54 Å². The standard InChI is InChI=1S/C13H14Cl2N2/c1-9-6-7-10(2)17(9)16-8-11-4-3-5-12(14)13(11)15/h3-7,16H,8H2,1-2H3. The Balaban J connectivity index is 2.15. The summed E-state index contributed by atoms with van der Waals surface area (Å²) in [6.07, 6.45) is 0. The summed E-state index contributed by atoms with van der Waals surface area (Å²) in [4.78, 5) is 0. The molecule has 0 fully saturated rings. The molecule has 0 spiro atoms. The minimum absolute atomic E-state index is 0.590. The normalized spacial score (nSPS) is 10.6. The van der Waals surface area contributed by atoms with Gasteiger partial charge in [-0.1, -0.05) is 35.3 Å². The van der Waals surface area contributed by atoms with Gasteiger partial charge >= 0.3 is 0 Å². The second-order valence-corrected chi connectivity index (χ2v) is 4.78. The smallest absolute Gasteiger partial charge is 0.0642 e. The van der Waals surface area contributed by atoms with Crippen LogP contribution in [0.15, 0.2) is 30.3 Å². The topological polar surface area (TPSA) is 17.0 Å². The van der Waals surface area contributed by atoms with Crippen molar-refractivity contribution in [2.24, 2.45) is 0 Å². The molecule has 0 aliphatic heterocycles. The van der Waals surface area contributed by atoms with E-state index in [9.17, 15) is 0 Å². The first-order valence-corrected chi connectivity index (χ1v) is 6.17. The van der Waals surface area contributed by atoms with E-state index in [1.54, 1.807) is 6.07 Å². The highest BCUT2D eigenvalue weighted by Gasteiger charge is 2.05. The Morgan fingerprint density at radius 2 is 1.71 bits per heavy atom. The Morgan fingerprint density at radius 3 is 2.35 bits per heavy atom. The molecule has 0 atom stereocenters. The van der Waals surface area contributed by atoms with E-state index in [0.29, 0.717) is 16.6 Å². The number of halogens is 2. The highest BCUT2D eigenvalue weighted by Crippen LogP contribution is 2.25. The molecule has 2 aromatic rings. The predicted octanol–water partition coefficient (Wildman–Crippen LogP) is 4.16. The first kappa shape index (κ1) is 12.3. The lowest BCUT2D eigenvalue weighted by Crippen LogP contribution is -2.17. The molecule has 0 bridgehead atoms. The van der Waals surface area contributed by atoms with Crippen molar-refractivity contribution >= 4 is 23.2 Å². The first-order valence-electron chi connectivity index (χ1n) is 5.41. The number of hydrogen-bond donors (Lipinski definition) is 1. The SMILES string of the molecule is Cc1ccc(C)n1NCc1cccc(Cl)c1Cl. The van der Waals surface area contributed by atoms with Crippen LogP contribution in [-0.4, -0.2) is 4.68 Å². The molecule has 0 aliphatic rings. The van der Waals surface area contributed by atoms with Gasteiger partial charge in [0.25, 0.3) is 0 Å². The molecule has 4 heteroatoms.